The molecule has 2 N–H and O–H groups in total. The van der Waals surface area contributed by atoms with Crippen LogP contribution in [0.1, 0.15) is 31.9 Å². The summed E-state index contributed by atoms with van der Waals surface area (Å²) in [6.45, 7) is 8.80. The highest BCUT2D eigenvalue weighted by Gasteiger charge is 2.19. The number of halogens is 2. The average Bonchev–Trinajstić information content (AvgIpc) is 2.95. The number of hydrogen-bond acceptors (Lipinski definition) is 2. The third-order valence-electron chi connectivity index (χ3n) is 3.83. The van der Waals surface area contributed by atoms with Crippen molar-refractivity contribution >= 4 is 41.5 Å². The topological polar surface area (TPSA) is 54.2 Å². The molecule has 2 aromatic rings. The predicted molar refractivity (Wildman–Crippen MR) is 120 cm³/mol. The van der Waals surface area contributed by atoms with Gasteiger partial charge in [0.2, 0.25) is 0 Å². The molecule has 1 heterocycles. The van der Waals surface area contributed by atoms with Crippen LogP contribution in [0.15, 0.2) is 41.7 Å². The van der Waals surface area contributed by atoms with Crippen LogP contribution in [-0.2, 0) is 20.0 Å². The maximum Gasteiger partial charge on any atom is 0.191 e. The molecule has 1 aromatic carbocycles. The zero-order chi connectivity index (χ0) is 18.3. The smallest absolute Gasteiger partial charge is 0.191 e. The van der Waals surface area contributed by atoms with E-state index in [1.54, 1.807) is 4.68 Å². The lowest BCUT2D eigenvalue weighted by molar-refractivity contribution is 0.359. The van der Waals surface area contributed by atoms with Gasteiger partial charge in [-0.25, -0.2) is 4.99 Å². The molecule has 0 atom stereocenters. The Balaban J connectivity index is 0.00000338. The molecular weight excluding hydrogens is 461 g/mol. The lowest BCUT2D eigenvalue weighted by atomic mass is 9.86. The zero-order valence-corrected chi connectivity index (χ0v) is 19.0. The Bertz CT molecular complexity index is 711. The van der Waals surface area contributed by atoms with Gasteiger partial charge >= 0.3 is 0 Å². The van der Waals surface area contributed by atoms with E-state index < -0.39 is 0 Å². The first-order chi connectivity index (χ1) is 11.9. The maximum absolute atomic E-state index is 6.09. The first-order valence-corrected chi connectivity index (χ1v) is 9.00. The normalized spacial score (nSPS) is 11.8. The van der Waals surface area contributed by atoms with Crippen molar-refractivity contribution in [2.24, 2.45) is 17.5 Å². The molecule has 0 saturated carbocycles. The number of rotatable bonds is 7. The van der Waals surface area contributed by atoms with Gasteiger partial charge in [0.15, 0.2) is 5.96 Å². The van der Waals surface area contributed by atoms with Crippen LogP contribution in [0, 0.1) is 5.41 Å². The summed E-state index contributed by atoms with van der Waals surface area (Å²) in [5.74, 6) is 0.825. The quantitative estimate of drug-likeness (QED) is 0.351. The molecule has 0 radical (unpaired) electrons. The van der Waals surface area contributed by atoms with E-state index >= 15 is 0 Å². The van der Waals surface area contributed by atoms with Crippen LogP contribution < -0.4 is 10.6 Å². The molecule has 144 valence electrons. The lowest BCUT2D eigenvalue weighted by Crippen LogP contribution is -2.42. The van der Waals surface area contributed by atoms with E-state index in [9.17, 15) is 0 Å². The molecule has 0 bridgehead atoms. The number of hydrogen-bond donors (Lipinski definition) is 2. The Morgan fingerprint density at radius 1 is 1.27 bits per heavy atom. The molecule has 0 fully saturated rings. The highest BCUT2D eigenvalue weighted by molar-refractivity contribution is 14.0. The number of benzene rings is 1. The van der Waals surface area contributed by atoms with E-state index in [4.69, 9.17) is 11.6 Å². The van der Waals surface area contributed by atoms with Crippen molar-refractivity contribution in [3.8, 4) is 0 Å². The molecule has 7 heteroatoms. The molecule has 0 amide bonds. The molecule has 0 unspecified atom stereocenters. The average molecular weight is 490 g/mol. The number of aryl methyl sites for hydroxylation is 1. The summed E-state index contributed by atoms with van der Waals surface area (Å²) in [6, 6.07) is 8.06. The summed E-state index contributed by atoms with van der Waals surface area (Å²) in [5, 5.41) is 11.7. The molecule has 2 rings (SSSR count). The predicted octanol–water partition coefficient (Wildman–Crippen LogP) is 4.02. The highest BCUT2D eigenvalue weighted by atomic mass is 127. The molecule has 0 spiro atoms. The first-order valence-electron chi connectivity index (χ1n) is 8.62. The number of nitrogens with one attached hydrogen (secondary N) is 2. The third-order valence-corrected chi connectivity index (χ3v) is 4.06. The molecule has 5 nitrogen and oxygen atoms in total. The fourth-order valence-electron chi connectivity index (χ4n) is 2.65. The Morgan fingerprint density at radius 2 is 2.04 bits per heavy atom. The minimum absolute atomic E-state index is 0. The van der Waals surface area contributed by atoms with Crippen molar-refractivity contribution in [1.29, 1.82) is 0 Å². The van der Waals surface area contributed by atoms with Gasteiger partial charge in [0.25, 0.3) is 0 Å². The third kappa shape index (κ3) is 7.95. The Kier molecular flexibility index (Phi) is 9.43. The summed E-state index contributed by atoms with van der Waals surface area (Å²) in [4.78, 5) is 4.64. The van der Waals surface area contributed by atoms with E-state index in [0.29, 0.717) is 6.54 Å². The van der Waals surface area contributed by atoms with Crippen LogP contribution in [0.25, 0.3) is 0 Å². The SMILES string of the molecule is CCNC(=NCc1cnn(C)c1)NCC(C)(C)Cc1cccc(Cl)c1.I. The zero-order valence-electron chi connectivity index (χ0n) is 15.9. The van der Waals surface area contributed by atoms with E-state index in [1.165, 1.54) is 5.56 Å². The van der Waals surface area contributed by atoms with Gasteiger partial charge in [0.1, 0.15) is 0 Å². The van der Waals surface area contributed by atoms with E-state index in [0.717, 1.165) is 36.1 Å². The van der Waals surface area contributed by atoms with Gasteiger partial charge in [0.05, 0.1) is 12.7 Å². The second-order valence-electron chi connectivity index (χ2n) is 7.04. The molecule has 26 heavy (non-hydrogen) atoms. The summed E-state index contributed by atoms with van der Waals surface area (Å²) in [5.41, 5.74) is 2.42. The standard InChI is InChI=1S/C19H28ClN5.HI/c1-5-21-18(22-11-16-12-24-25(4)13-16)23-14-19(2,3)10-15-7-6-8-17(20)9-15;/h6-9,12-13H,5,10-11,14H2,1-4H3,(H2,21,22,23);1H. The minimum atomic E-state index is 0. The maximum atomic E-state index is 6.09. The molecule has 0 saturated heterocycles. The number of aliphatic imine (C=N–C) groups is 1. The Morgan fingerprint density at radius 3 is 2.65 bits per heavy atom. The molecule has 0 aliphatic carbocycles. The van der Waals surface area contributed by atoms with E-state index in [1.807, 2.05) is 37.6 Å². The van der Waals surface area contributed by atoms with Gasteiger partial charge in [-0.15, -0.1) is 24.0 Å². The number of aromatic nitrogens is 2. The number of guanidine groups is 1. The summed E-state index contributed by atoms with van der Waals surface area (Å²) in [6.07, 6.45) is 4.77. The van der Waals surface area contributed by atoms with Gasteiger partial charge < -0.3 is 10.6 Å². The lowest BCUT2D eigenvalue weighted by Gasteiger charge is -2.26. The Labute approximate surface area is 178 Å². The van der Waals surface area contributed by atoms with Crippen molar-refractivity contribution in [2.45, 2.75) is 33.7 Å². The van der Waals surface area contributed by atoms with Crippen LogP contribution in [0.3, 0.4) is 0 Å². The van der Waals surface area contributed by atoms with Crippen LogP contribution in [0.4, 0.5) is 0 Å². The van der Waals surface area contributed by atoms with Gasteiger partial charge in [0, 0.05) is 36.9 Å². The van der Waals surface area contributed by atoms with E-state index in [2.05, 4.69) is 47.6 Å². The Hall–Kier alpha value is -1.28. The van der Waals surface area contributed by atoms with Crippen molar-refractivity contribution < 1.29 is 0 Å². The van der Waals surface area contributed by atoms with Gasteiger partial charge in [-0.05, 0) is 36.5 Å². The highest BCUT2D eigenvalue weighted by Crippen LogP contribution is 2.22. The van der Waals surface area contributed by atoms with Crippen LogP contribution >= 0.6 is 35.6 Å². The first kappa shape index (κ1) is 22.8. The van der Waals surface area contributed by atoms with Crippen LogP contribution in [0.2, 0.25) is 5.02 Å². The monoisotopic (exact) mass is 489 g/mol. The minimum Gasteiger partial charge on any atom is -0.357 e. The molecule has 1 aromatic heterocycles. The molecular formula is C19H29ClIN5. The molecule has 0 aliphatic rings. The van der Waals surface area contributed by atoms with Crippen molar-refractivity contribution in [3.05, 3.63) is 52.8 Å². The summed E-state index contributed by atoms with van der Waals surface area (Å²) < 4.78 is 1.79. The van der Waals surface area contributed by atoms with E-state index in [-0.39, 0.29) is 29.4 Å². The van der Waals surface area contributed by atoms with Crippen molar-refractivity contribution in [2.75, 3.05) is 13.1 Å². The van der Waals surface area contributed by atoms with Crippen molar-refractivity contribution in [1.82, 2.24) is 20.4 Å². The largest absolute Gasteiger partial charge is 0.357 e. The second kappa shape index (κ2) is 10.8. The molecule has 0 aliphatic heterocycles. The fraction of sp³-hybridized carbons (Fsp3) is 0.474. The van der Waals surface area contributed by atoms with Crippen molar-refractivity contribution in [3.63, 3.8) is 0 Å². The summed E-state index contributed by atoms with van der Waals surface area (Å²) >= 11 is 6.09. The number of nitrogens with zero attached hydrogens (tertiary/aromatic N) is 3. The fourth-order valence-corrected chi connectivity index (χ4v) is 2.86. The van der Waals surface area contributed by atoms with Gasteiger partial charge in [-0.3, -0.25) is 4.68 Å². The van der Waals surface area contributed by atoms with Gasteiger partial charge in [-0.2, -0.15) is 5.10 Å². The van der Waals surface area contributed by atoms with Crippen LogP contribution in [0.5, 0.6) is 0 Å². The van der Waals surface area contributed by atoms with Crippen LogP contribution in [-0.4, -0.2) is 28.8 Å². The second-order valence-corrected chi connectivity index (χ2v) is 7.48. The van der Waals surface area contributed by atoms with Gasteiger partial charge in [-0.1, -0.05) is 37.6 Å². The summed E-state index contributed by atoms with van der Waals surface area (Å²) in [7, 11) is 1.91.